The molecule has 1 aromatic carbocycles. The Balaban J connectivity index is 2.43. The number of benzene rings is 1. The van der Waals surface area contributed by atoms with Crippen molar-refractivity contribution in [3.63, 3.8) is 0 Å². The Morgan fingerprint density at radius 1 is 1.30 bits per heavy atom. The largest absolute Gasteiger partial charge is 0.416 e. The zero-order valence-corrected chi connectivity index (χ0v) is 11.1. The molecule has 0 spiro atoms. The summed E-state index contributed by atoms with van der Waals surface area (Å²) in [6, 6.07) is 3.82. The quantitative estimate of drug-likeness (QED) is 0.780. The number of urea groups is 1. The number of carbonyl (C=O) groups is 1. The number of nitrogens with one attached hydrogen (secondary N) is 2. The lowest BCUT2D eigenvalue weighted by molar-refractivity contribution is -0.137. The fraction of sp³-hybridized carbons (Fsp3) is 0.462. The van der Waals surface area contributed by atoms with Gasteiger partial charge in [-0.3, -0.25) is 0 Å². The van der Waals surface area contributed by atoms with Crippen LogP contribution in [-0.2, 0) is 6.18 Å². The predicted molar refractivity (Wildman–Crippen MR) is 71.3 cm³/mol. The maximum atomic E-state index is 12.3. The van der Waals surface area contributed by atoms with Gasteiger partial charge in [0, 0.05) is 18.3 Å². The summed E-state index contributed by atoms with van der Waals surface area (Å²) in [7, 11) is 0. The van der Waals surface area contributed by atoms with Crippen LogP contribution >= 0.6 is 0 Å². The van der Waals surface area contributed by atoms with E-state index < -0.39 is 17.8 Å². The molecular weight excluding hydrogens is 271 g/mol. The lowest BCUT2D eigenvalue weighted by Crippen LogP contribution is -2.33. The Hall–Kier alpha value is -1.76. The smallest absolute Gasteiger partial charge is 0.338 e. The van der Waals surface area contributed by atoms with E-state index in [0.717, 1.165) is 18.6 Å². The fourth-order valence-corrected chi connectivity index (χ4v) is 1.49. The summed E-state index contributed by atoms with van der Waals surface area (Å²) in [6.45, 7) is 2.37. The second kappa shape index (κ2) is 7.14. The van der Waals surface area contributed by atoms with Crippen molar-refractivity contribution in [3.05, 3.63) is 29.8 Å². The zero-order chi connectivity index (χ0) is 15.2. The molecule has 0 saturated carbocycles. The molecule has 0 heterocycles. The number of alkyl halides is 3. The van der Waals surface area contributed by atoms with Crippen molar-refractivity contribution in [1.82, 2.24) is 5.32 Å². The average molecular weight is 289 g/mol. The van der Waals surface area contributed by atoms with Gasteiger partial charge in [0.2, 0.25) is 0 Å². The number of hydrogen-bond acceptors (Lipinski definition) is 2. The molecule has 4 nitrogen and oxygen atoms in total. The molecule has 1 atom stereocenters. The van der Waals surface area contributed by atoms with E-state index in [-0.39, 0.29) is 6.04 Å². The minimum absolute atomic E-state index is 0.0290. The van der Waals surface area contributed by atoms with Gasteiger partial charge < -0.3 is 16.4 Å². The molecule has 1 aromatic rings. The Kier molecular flexibility index (Phi) is 5.82. The molecule has 0 saturated heterocycles. The van der Waals surface area contributed by atoms with Crippen molar-refractivity contribution in [2.24, 2.45) is 5.73 Å². The third kappa shape index (κ3) is 5.48. The molecule has 112 valence electrons. The molecule has 0 aliphatic rings. The van der Waals surface area contributed by atoms with E-state index in [0.29, 0.717) is 18.7 Å². The number of carbonyl (C=O) groups excluding carboxylic acids is 1. The highest BCUT2D eigenvalue weighted by atomic mass is 19.4. The molecule has 0 aromatic heterocycles. The van der Waals surface area contributed by atoms with Crippen LogP contribution in [0.4, 0.5) is 23.7 Å². The van der Waals surface area contributed by atoms with Gasteiger partial charge in [0.15, 0.2) is 0 Å². The van der Waals surface area contributed by atoms with Crippen LogP contribution in [0.2, 0.25) is 0 Å². The molecule has 7 heteroatoms. The lowest BCUT2D eigenvalue weighted by atomic mass is 10.2. The zero-order valence-electron chi connectivity index (χ0n) is 11.1. The fourth-order valence-electron chi connectivity index (χ4n) is 1.49. The molecule has 0 bridgehead atoms. The van der Waals surface area contributed by atoms with Crippen LogP contribution in [0.25, 0.3) is 0 Å². The molecule has 2 amide bonds. The topological polar surface area (TPSA) is 67.1 Å². The van der Waals surface area contributed by atoms with Crippen LogP contribution < -0.4 is 16.4 Å². The lowest BCUT2D eigenvalue weighted by Gasteiger charge is -2.11. The summed E-state index contributed by atoms with van der Waals surface area (Å²) in [4.78, 5) is 11.5. The summed E-state index contributed by atoms with van der Waals surface area (Å²) in [5.74, 6) is 0. The van der Waals surface area contributed by atoms with Gasteiger partial charge >= 0.3 is 12.2 Å². The van der Waals surface area contributed by atoms with Crippen LogP contribution in [0.15, 0.2) is 24.3 Å². The van der Waals surface area contributed by atoms with E-state index >= 15 is 0 Å². The highest BCUT2D eigenvalue weighted by Gasteiger charge is 2.29. The molecule has 0 fully saturated rings. The second-order valence-corrected chi connectivity index (χ2v) is 4.41. The summed E-state index contributed by atoms with van der Waals surface area (Å²) in [5.41, 5.74) is 5.24. The SMILES string of the molecule is CCC(N)CCNC(=O)Nc1ccc(C(F)(F)F)cc1. The van der Waals surface area contributed by atoms with Crippen LogP contribution in [0.1, 0.15) is 25.3 Å². The third-order valence-corrected chi connectivity index (χ3v) is 2.80. The third-order valence-electron chi connectivity index (χ3n) is 2.80. The van der Waals surface area contributed by atoms with E-state index in [1.54, 1.807) is 0 Å². The van der Waals surface area contributed by atoms with Gasteiger partial charge in [-0.1, -0.05) is 6.92 Å². The van der Waals surface area contributed by atoms with Crippen molar-refractivity contribution >= 4 is 11.7 Å². The van der Waals surface area contributed by atoms with Gasteiger partial charge in [-0.15, -0.1) is 0 Å². The Morgan fingerprint density at radius 2 is 1.90 bits per heavy atom. The number of amides is 2. The number of rotatable bonds is 5. The van der Waals surface area contributed by atoms with E-state index in [1.807, 2.05) is 6.92 Å². The molecule has 20 heavy (non-hydrogen) atoms. The maximum Gasteiger partial charge on any atom is 0.416 e. The van der Waals surface area contributed by atoms with Crippen molar-refractivity contribution in [2.45, 2.75) is 32.0 Å². The molecule has 0 radical (unpaired) electrons. The Labute approximate surface area is 115 Å². The van der Waals surface area contributed by atoms with E-state index in [4.69, 9.17) is 5.73 Å². The van der Waals surface area contributed by atoms with E-state index in [1.165, 1.54) is 12.1 Å². The molecule has 1 unspecified atom stereocenters. The van der Waals surface area contributed by atoms with Gasteiger partial charge in [-0.25, -0.2) is 4.79 Å². The molecule has 4 N–H and O–H groups in total. The summed E-state index contributed by atoms with van der Waals surface area (Å²) >= 11 is 0. The van der Waals surface area contributed by atoms with E-state index in [9.17, 15) is 18.0 Å². The van der Waals surface area contributed by atoms with Crippen LogP contribution in [0, 0.1) is 0 Å². The van der Waals surface area contributed by atoms with Crippen molar-refractivity contribution in [2.75, 3.05) is 11.9 Å². The summed E-state index contributed by atoms with van der Waals surface area (Å²) in [5, 5.41) is 5.04. The van der Waals surface area contributed by atoms with Crippen molar-refractivity contribution in [3.8, 4) is 0 Å². The number of halogens is 3. The average Bonchev–Trinajstić information content (AvgIpc) is 2.38. The van der Waals surface area contributed by atoms with Crippen molar-refractivity contribution in [1.29, 1.82) is 0 Å². The van der Waals surface area contributed by atoms with Crippen LogP contribution in [-0.4, -0.2) is 18.6 Å². The molecule has 1 rings (SSSR count). The van der Waals surface area contributed by atoms with E-state index in [2.05, 4.69) is 10.6 Å². The second-order valence-electron chi connectivity index (χ2n) is 4.41. The van der Waals surface area contributed by atoms with Crippen LogP contribution in [0.3, 0.4) is 0 Å². The van der Waals surface area contributed by atoms with Gasteiger partial charge in [0.1, 0.15) is 0 Å². The minimum atomic E-state index is -4.38. The summed E-state index contributed by atoms with van der Waals surface area (Å²) < 4.78 is 37.0. The Bertz CT molecular complexity index is 431. The van der Waals surface area contributed by atoms with Gasteiger partial charge in [0.25, 0.3) is 0 Å². The molecule has 0 aliphatic heterocycles. The first kappa shape index (κ1) is 16.3. The maximum absolute atomic E-state index is 12.3. The first-order chi connectivity index (χ1) is 9.32. The highest BCUT2D eigenvalue weighted by Crippen LogP contribution is 2.29. The predicted octanol–water partition coefficient (Wildman–Crippen LogP) is 2.95. The van der Waals surface area contributed by atoms with Gasteiger partial charge in [-0.2, -0.15) is 13.2 Å². The van der Waals surface area contributed by atoms with Crippen LogP contribution in [0.5, 0.6) is 0 Å². The molecular formula is C13H18F3N3O. The highest BCUT2D eigenvalue weighted by molar-refractivity contribution is 5.89. The standard InChI is InChI=1S/C13H18F3N3O/c1-2-10(17)7-8-18-12(20)19-11-5-3-9(4-6-11)13(14,15)16/h3-6,10H,2,7-8,17H2,1H3,(H2,18,19,20). The number of hydrogen-bond donors (Lipinski definition) is 3. The Morgan fingerprint density at radius 3 is 2.40 bits per heavy atom. The molecule has 0 aliphatic carbocycles. The number of nitrogens with two attached hydrogens (primary N) is 1. The first-order valence-corrected chi connectivity index (χ1v) is 6.30. The van der Waals surface area contributed by atoms with Gasteiger partial charge in [0.05, 0.1) is 5.56 Å². The van der Waals surface area contributed by atoms with Gasteiger partial charge in [-0.05, 0) is 37.1 Å². The normalized spacial score (nSPS) is 12.8. The number of anilines is 1. The van der Waals surface area contributed by atoms with Crippen molar-refractivity contribution < 1.29 is 18.0 Å². The monoisotopic (exact) mass is 289 g/mol. The first-order valence-electron chi connectivity index (χ1n) is 6.30. The minimum Gasteiger partial charge on any atom is -0.338 e. The summed E-state index contributed by atoms with van der Waals surface area (Å²) in [6.07, 6.45) is -2.91.